The van der Waals surface area contributed by atoms with Crippen LogP contribution in [0, 0.1) is 11.6 Å². The Morgan fingerprint density at radius 3 is 2.65 bits per heavy atom. The summed E-state index contributed by atoms with van der Waals surface area (Å²) in [6.45, 7) is 3.84. The highest BCUT2D eigenvalue weighted by atomic mass is 79.9. The van der Waals surface area contributed by atoms with Crippen molar-refractivity contribution >= 4 is 27.5 Å². The van der Waals surface area contributed by atoms with Crippen molar-refractivity contribution in [3.05, 3.63) is 28.2 Å². The molecule has 0 aromatic heterocycles. The second-order valence-electron chi connectivity index (χ2n) is 3.51. The van der Waals surface area contributed by atoms with Crippen LogP contribution in [0.25, 0.3) is 0 Å². The number of anilines is 1. The summed E-state index contributed by atoms with van der Waals surface area (Å²) in [6, 6.07) is 1.39. The van der Waals surface area contributed by atoms with Crippen molar-refractivity contribution < 1.29 is 13.6 Å². The van der Waals surface area contributed by atoms with E-state index < -0.39 is 17.7 Å². The van der Waals surface area contributed by atoms with Gasteiger partial charge in [0.25, 0.3) is 0 Å². The molecule has 0 saturated carbocycles. The maximum Gasteiger partial charge on any atom is 0.242 e. The van der Waals surface area contributed by atoms with E-state index in [0.717, 1.165) is 12.1 Å². The number of nitrogens with one attached hydrogen (secondary N) is 2. The zero-order valence-electron chi connectivity index (χ0n) is 9.48. The maximum atomic E-state index is 13.4. The standard InChI is InChI=1S/C11H13BrF2N2O/c1-3-15-11(17)6(2)16-10-5-8(13)7(12)4-9(10)14/h4-6,16H,3H2,1-2H3,(H,15,17). The number of amides is 1. The highest BCUT2D eigenvalue weighted by Gasteiger charge is 2.15. The van der Waals surface area contributed by atoms with Crippen LogP contribution < -0.4 is 10.6 Å². The minimum Gasteiger partial charge on any atom is -0.371 e. The van der Waals surface area contributed by atoms with Crippen molar-refractivity contribution in [1.29, 1.82) is 0 Å². The summed E-state index contributed by atoms with van der Waals surface area (Å²) in [7, 11) is 0. The molecule has 0 aliphatic rings. The molecular weight excluding hydrogens is 294 g/mol. The molecule has 0 aliphatic heterocycles. The fourth-order valence-electron chi connectivity index (χ4n) is 1.26. The fraction of sp³-hybridized carbons (Fsp3) is 0.364. The second-order valence-corrected chi connectivity index (χ2v) is 4.36. The molecule has 2 N–H and O–H groups in total. The van der Waals surface area contributed by atoms with Gasteiger partial charge in [0.1, 0.15) is 17.7 Å². The van der Waals surface area contributed by atoms with E-state index in [2.05, 4.69) is 26.6 Å². The van der Waals surface area contributed by atoms with E-state index in [0.29, 0.717) is 6.54 Å². The van der Waals surface area contributed by atoms with E-state index in [4.69, 9.17) is 0 Å². The van der Waals surface area contributed by atoms with Crippen molar-refractivity contribution in [2.24, 2.45) is 0 Å². The molecule has 3 nitrogen and oxygen atoms in total. The summed E-state index contributed by atoms with van der Waals surface area (Å²) in [6.07, 6.45) is 0. The predicted molar refractivity (Wildman–Crippen MR) is 65.8 cm³/mol. The number of rotatable bonds is 4. The van der Waals surface area contributed by atoms with Crippen LogP contribution in [0.3, 0.4) is 0 Å². The minimum atomic E-state index is -0.634. The van der Waals surface area contributed by atoms with E-state index in [-0.39, 0.29) is 16.1 Å². The van der Waals surface area contributed by atoms with Gasteiger partial charge in [0.15, 0.2) is 0 Å². The molecule has 6 heteroatoms. The molecular formula is C11H13BrF2N2O. The monoisotopic (exact) mass is 306 g/mol. The van der Waals surface area contributed by atoms with E-state index in [9.17, 15) is 13.6 Å². The number of halogens is 3. The molecule has 0 aliphatic carbocycles. The average Bonchev–Trinajstić information content (AvgIpc) is 2.26. The van der Waals surface area contributed by atoms with Crippen LogP contribution in [0.2, 0.25) is 0 Å². The smallest absolute Gasteiger partial charge is 0.242 e. The van der Waals surface area contributed by atoms with Crippen molar-refractivity contribution in [2.45, 2.75) is 19.9 Å². The summed E-state index contributed by atoms with van der Waals surface area (Å²) >= 11 is 2.88. The zero-order valence-corrected chi connectivity index (χ0v) is 11.1. The Balaban J connectivity index is 2.81. The molecule has 1 unspecified atom stereocenters. The van der Waals surface area contributed by atoms with E-state index >= 15 is 0 Å². The maximum absolute atomic E-state index is 13.4. The Morgan fingerprint density at radius 1 is 1.41 bits per heavy atom. The number of benzene rings is 1. The molecule has 1 aromatic carbocycles. The Labute approximate surface area is 107 Å². The Kier molecular flexibility index (Phi) is 4.86. The van der Waals surface area contributed by atoms with Crippen LogP contribution in [-0.4, -0.2) is 18.5 Å². The van der Waals surface area contributed by atoms with Gasteiger partial charge in [0.05, 0.1) is 10.2 Å². The third-order valence-corrected chi connectivity index (χ3v) is 2.73. The summed E-state index contributed by atoms with van der Waals surface area (Å²) in [5, 5.41) is 5.20. The first-order chi connectivity index (χ1) is 7.95. The molecule has 1 aromatic rings. The highest BCUT2D eigenvalue weighted by Crippen LogP contribution is 2.23. The molecule has 1 atom stereocenters. The van der Waals surface area contributed by atoms with Crippen molar-refractivity contribution in [2.75, 3.05) is 11.9 Å². The summed E-state index contributed by atoms with van der Waals surface area (Å²) < 4.78 is 26.7. The van der Waals surface area contributed by atoms with Gasteiger partial charge >= 0.3 is 0 Å². The number of carbonyl (C=O) groups is 1. The first-order valence-corrected chi connectivity index (χ1v) is 5.93. The van der Waals surface area contributed by atoms with Crippen molar-refractivity contribution in [3.63, 3.8) is 0 Å². The van der Waals surface area contributed by atoms with Crippen LogP contribution in [0.1, 0.15) is 13.8 Å². The van der Waals surface area contributed by atoms with Gasteiger partial charge in [-0.05, 0) is 35.8 Å². The fourth-order valence-corrected chi connectivity index (χ4v) is 1.57. The molecule has 0 saturated heterocycles. The van der Waals surface area contributed by atoms with Crippen LogP contribution in [0.5, 0.6) is 0 Å². The van der Waals surface area contributed by atoms with Crippen LogP contribution >= 0.6 is 15.9 Å². The first-order valence-electron chi connectivity index (χ1n) is 5.14. The number of likely N-dealkylation sites (N-methyl/N-ethyl adjacent to an activating group) is 1. The lowest BCUT2D eigenvalue weighted by molar-refractivity contribution is -0.121. The predicted octanol–water partition coefficient (Wildman–Crippen LogP) is 2.66. The largest absolute Gasteiger partial charge is 0.371 e. The van der Waals surface area contributed by atoms with Crippen LogP contribution in [0.15, 0.2) is 16.6 Å². The third kappa shape index (κ3) is 3.66. The normalized spacial score (nSPS) is 12.1. The van der Waals surface area contributed by atoms with Gasteiger partial charge in [-0.2, -0.15) is 0 Å². The Hall–Kier alpha value is -1.17. The quantitative estimate of drug-likeness (QED) is 0.840. The highest BCUT2D eigenvalue weighted by molar-refractivity contribution is 9.10. The van der Waals surface area contributed by atoms with Crippen LogP contribution in [-0.2, 0) is 4.79 Å². The Bertz CT molecular complexity index is 426. The molecule has 0 bridgehead atoms. The number of hydrogen-bond acceptors (Lipinski definition) is 2. The third-order valence-electron chi connectivity index (χ3n) is 2.13. The lowest BCUT2D eigenvalue weighted by Gasteiger charge is -2.15. The SMILES string of the molecule is CCNC(=O)C(C)Nc1cc(F)c(Br)cc1F. The Morgan fingerprint density at radius 2 is 2.06 bits per heavy atom. The molecule has 94 valence electrons. The van der Waals surface area contributed by atoms with Crippen molar-refractivity contribution in [1.82, 2.24) is 5.32 Å². The molecule has 17 heavy (non-hydrogen) atoms. The lowest BCUT2D eigenvalue weighted by atomic mass is 10.2. The molecule has 0 radical (unpaired) electrons. The van der Waals surface area contributed by atoms with Gasteiger partial charge in [0.2, 0.25) is 5.91 Å². The van der Waals surface area contributed by atoms with Crippen LogP contribution in [0.4, 0.5) is 14.5 Å². The number of carbonyl (C=O) groups excluding carboxylic acids is 1. The first kappa shape index (κ1) is 13.9. The minimum absolute atomic E-state index is 0.0375. The molecule has 1 rings (SSSR count). The molecule has 1 amide bonds. The summed E-state index contributed by atoms with van der Waals surface area (Å²) in [5.74, 6) is -1.47. The summed E-state index contributed by atoms with van der Waals surface area (Å²) in [4.78, 5) is 11.4. The van der Waals surface area contributed by atoms with Gasteiger partial charge in [-0.1, -0.05) is 0 Å². The summed E-state index contributed by atoms with van der Waals surface area (Å²) in [5.41, 5.74) is -0.0375. The van der Waals surface area contributed by atoms with Crippen molar-refractivity contribution in [3.8, 4) is 0 Å². The topological polar surface area (TPSA) is 41.1 Å². The second kappa shape index (κ2) is 5.95. The van der Waals surface area contributed by atoms with Gasteiger partial charge in [-0.25, -0.2) is 8.78 Å². The molecule has 0 fully saturated rings. The molecule has 0 heterocycles. The van der Waals surface area contributed by atoms with Gasteiger partial charge in [0, 0.05) is 12.6 Å². The average molecular weight is 307 g/mol. The lowest BCUT2D eigenvalue weighted by Crippen LogP contribution is -2.37. The zero-order chi connectivity index (χ0) is 13.0. The van der Waals surface area contributed by atoms with E-state index in [1.165, 1.54) is 0 Å². The van der Waals surface area contributed by atoms with E-state index in [1.807, 2.05) is 0 Å². The van der Waals surface area contributed by atoms with E-state index in [1.54, 1.807) is 13.8 Å². The van der Waals surface area contributed by atoms with Gasteiger partial charge in [-0.15, -0.1) is 0 Å². The number of hydrogen-bond donors (Lipinski definition) is 2. The molecule has 0 spiro atoms. The van der Waals surface area contributed by atoms with Gasteiger partial charge < -0.3 is 10.6 Å². The van der Waals surface area contributed by atoms with Gasteiger partial charge in [-0.3, -0.25) is 4.79 Å².